The second kappa shape index (κ2) is 8.43. The second-order valence-electron chi connectivity index (χ2n) is 5.90. The van der Waals surface area contributed by atoms with Crippen molar-refractivity contribution in [2.75, 3.05) is 32.0 Å². The minimum absolute atomic E-state index is 0.0276. The SMILES string of the molecule is CC(=O)NCC1CCN(S(=O)(=O)CCOc2ccc(F)cc2)CC1. The fourth-order valence-corrected chi connectivity index (χ4v) is 3.92. The van der Waals surface area contributed by atoms with Gasteiger partial charge in [0.2, 0.25) is 15.9 Å². The molecule has 1 heterocycles. The quantitative estimate of drug-likeness (QED) is 0.799. The molecule has 0 aromatic heterocycles. The van der Waals surface area contributed by atoms with Gasteiger partial charge in [-0.25, -0.2) is 17.1 Å². The van der Waals surface area contributed by atoms with Crippen LogP contribution in [0.5, 0.6) is 5.75 Å². The van der Waals surface area contributed by atoms with E-state index < -0.39 is 10.0 Å². The zero-order valence-corrected chi connectivity index (χ0v) is 14.5. The summed E-state index contributed by atoms with van der Waals surface area (Å²) in [6, 6.07) is 5.47. The topological polar surface area (TPSA) is 75.7 Å². The largest absolute Gasteiger partial charge is 0.492 e. The molecule has 24 heavy (non-hydrogen) atoms. The monoisotopic (exact) mass is 358 g/mol. The number of piperidine rings is 1. The number of amides is 1. The fourth-order valence-electron chi connectivity index (χ4n) is 2.60. The minimum atomic E-state index is -3.37. The number of hydrogen-bond acceptors (Lipinski definition) is 4. The van der Waals surface area contributed by atoms with Crippen LogP contribution in [-0.2, 0) is 14.8 Å². The normalized spacial score (nSPS) is 16.8. The van der Waals surface area contributed by atoms with Gasteiger partial charge in [-0.2, -0.15) is 0 Å². The van der Waals surface area contributed by atoms with Crippen LogP contribution in [0.25, 0.3) is 0 Å². The van der Waals surface area contributed by atoms with Gasteiger partial charge in [-0.3, -0.25) is 4.79 Å². The number of hydrogen-bond donors (Lipinski definition) is 1. The molecule has 134 valence electrons. The van der Waals surface area contributed by atoms with Crippen LogP contribution in [0.4, 0.5) is 4.39 Å². The highest BCUT2D eigenvalue weighted by molar-refractivity contribution is 7.89. The molecule has 1 amide bonds. The third-order valence-electron chi connectivity index (χ3n) is 4.03. The third kappa shape index (κ3) is 5.76. The predicted octanol–water partition coefficient (Wildman–Crippen LogP) is 1.38. The van der Waals surface area contributed by atoms with Crippen molar-refractivity contribution in [3.05, 3.63) is 30.1 Å². The first-order chi connectivity index (χ1) is 11.4. The third-order valence-corrected chi connectivity index (χ3v) is 5.86. The van der Waals surface area contributed by atoms with Crippen molar-refractivity contribution in [3.63, 3.8) is 0 Å². The van der Waals surface area contributed by atoms with Gasteiger partial charge in [0, 0.05) is 26.6 Å². The molecule has 0 spiro atoms. The molecule has 1 aromatic carbocycles. The number of nitrogens with one attached hydrogen (secondary N) is 1. The van der Waals surface area contributed by atoms with E-state index in [4.69, 9.17) is 4.74 Å². The van der Waals surface area contributed by atoms with E-state index in [0.717, 1.165) is 12.8 Å². The van der Waals surface area contributed by atoms with E-state index in [1.54, 1.807) is 0 Å². The summed E-state index contributed by atoms with van der Waals surface area (Å²) in [5.41, 5.74) is 0. The second-order valence-corrected chi connectivity index (χ2v) is 7.99. The Bertz CT molecular complexity index is 641. The maximum atomic E-state index is 12.8. The maximum Gasteiger partial charge on any atom is 0.217 e. The zero-order chi connectivity index (χ0) is 17.6. The molecule has 0 bridgehead atoms. The molecular weight excluding hydrogens is 335 g/mol. The van der Waals surface area contributed by atoms with Crippen LogP contribution in [-0.4, -0.2) is 50.6 Å². The molecule has 1 aliphatic rings. The molecule has 1 aliphatic heterocycles. The number of benzene rings is 1. The molecule has 1 fully saturated rings. The van der Waals surface area contributed by atoms with Crippen LogP contribution >= 0.6 is 0 Å². The fraction of sp³-hybridized carbons (Fsp3) is 0.562. The van der Waals surface area contributed by atoms with Crippen LogP contribution in [0, 0.1) is 11.7 Å². The molecule has 8 heteroatoms. The Morgan fingerprint density at radius 3 is 2.50 bits per heavy atom. The molecule has 6 nitrogen and oxygen atoms in total. The van der Waals surface area contributed by atoms with Gasteiger partial charge >= 0.3 is 0 Å². The number of ether oxygens (including phenoxy) is 1. The number of rotatable bonds is 7. The van der Waals surface area contributed by atoms with Crippen molar-refractivity contribution >= 4 is 15.9 Å². The summed E-state index contributed by atoms with van der Waals surface area (Å²) in [6.07, 6.45) is 1.47. The van der Waals surface area contributed by atoms with Gasteiger partial charge < -0.3 is 10.1 Å². The number of nitrogens with zero attached hydrogens (tertiary/aromatic N) is 1. The highest BCUT2D eigenvalue weighted by Crippen LogP contribution is 2.19. The summed E-state index contributed by atoms with van der Waals surface area (Å²) in [5, 5.41) is 2.77. The summed E-state index contributed by atoms with van der Waals surface area (Å²) in [4.78, 5) is 10.9. The summed E-state index contributed by atoms with van der Waals surface area (Å²) >= 11 is 0. The molecule has 1 aromatic rings. The lowest BCUT2D eigenvalue weighted by atomic mass is 9.98. The zero-order valence-electron chi connectivity index (χ0n) is 13.7. The van der Waals surface area contributed by atoms with Crippen LogP contribution in [0.2, 0.25) is 0 Å². The number of carbonyl (C=O) groups is 1. The maximum absolute atomic E-state index is 12.8. The smallest absolute Gasteiger partial charge is 0.217 e. The lowest BCUT2D eigenvalue weighted by Gasteiger charge is -2.31. The Morgan fingerprint density at radius 1 is 1.29 bits per heavy atom. The van der Waals surface area contributed by atoms with E-state index in [9.17, 15) is 17.6 Å². The molecule has 1 saturated heterocycles. The number of carbonyl (C=O) groups excluding carboxylic acids is 1. The summed E-state index contributed by atoms with van der Waals surface area (Å²) in [6.45, 7) is 3.02. The Balaban J connectivity index is 1.75. The van der Waals surface area contributed by atoms with E-state index in [1.165, 1.54) is 35.5 Å². The number of halogens is 1. The van der Waals surface area contributed by atoms with Gasteiger partial charge in [0.05, 0.1) is 5.75 Å². The Hall–Kier alpha value is -1.67. The molecule has 0 saturated carbocycles. The highest BCUT2D eigenvalue weighted by atomic mass is 32.2. The van der Waals surface area contributed by atoms with Crippen LogP contribution in [0.1, 0.15) is 19.8 Å². The Morgan fingerprint density at radius 2 is 1.92 bits per heavy atom. The van der Waals surface area contributed by atoms with E-state index in [1.807, 2.05) is 0 Å². The van der Waals surface area contributed by atoms with E-state index >= 15 is 0 Å². The molecule has 0 atom stereocenters. The van der Waals surface area contributed by atoms with Gasteiger partial charge in [0.15, 0.2) is 0 Å². The van der Waals surface area contributed by atoms with Gasteiger partial charge in [0.1, 0.15) is 18.2 Å². The molecule has 0 radical (unpaired) electrons. The summed E-state index contributed by atoms with van der Waals surface area (Å²) < 4.78 is 44.3. The van der Waals surface area contributed by atoms with Crippen molar-refractivity contribution in [1.29, 1.82) is 0 Å². The van der Waals surface area contributed by atoms with Crippen molar-refractivity contribution in [2.45, 2.75) is 19.8 Å². The standard InChI is InChI=1S/C16H23FN2O4S/c1-13(20)18-12-14-6-8-19(9-7-14)24(21,22)11-10-23-16-4-2-15(17)3-5-16/h2-5,14H,6-12H2,1H3,(H,18,20). The first-order valence-corrected chi connectivity index (χ1v) is 9.58. The first-order valence-electron chi connectivity index (χ1n) is 7.97. The van der Waals surface area contributed by atoms with E-state index in [2.05, 4.69) is 5.32 Å². The van der Waals surface area contributed by atoms with Crippen molar-refractivity contribution in [1.82, 2.24) is 9.62 Å². The van der Waals surface area contributed by atoms with Crippen LogP contribution in [0.3, 0.4) is 0 Å². The Kier molecular flexibility index (Phi) is 6.56. The van der Waals surface area contributed by atoms with Gasteiger partial charge in [-0.1, -0.05) is 0 Å². The van der Waals surface area contributed by atoms with Crippen molar-refractivity contribution < 1.29 is 22.3 Å². The van der Waals surface area contributed by atoms with E-state index in [0.29, 0.717) is 31.3 Å². The van der Waals surface area contributed by atoms with Crippen molar-refractivity contribution in [3.8, 4) is 5.75 Å². The van der Waals surface area contributed by atoms with Crippen LogP contribution in [0.15, 0.2) is 24.3 Å². The number of sulfonamides is 1. The minimum Gasteiger partial charge on any atom is -0.492 e. The Labute approximate surface area is 142 Å². The highest BCUT2D eigenvalue weighted by Gasteiger charge is 2.27. The average Bonchev–Trinajstić information content (AvgIpc) is 2.55. The molecule has 1 N–H and O–H groups in total. The summed E-state index contributed by atoms with van der Waals surface area (Å²) in [5.74, 6) is 0.220. The summed E-state index contributed by atoms with van der Waals surface area (Å²) in [7, 11) is -3.37. The lowest BCUT2D eigenvalue weighted by Crippen LogP contribution is -2.42. The average molecular weight is 358 g/mol. The lowest BCUT2D eigenvalue weighted by molar-refractivity contribution is -0.119. The molecular formula is C16H23FN2O4S. The predicted molar refractivity (Wildman–Crippen MR) is 88.7 cm³/mol. The van der Waals surface area contributed by atoms with Gasteiger partial charge in [0.25, 0.3) is 0 Å². The molecule has 0 unspecified atom stereocenters. The molecule has 0 aliphatic carbocycles. The molecule has 2 rings (SSSR count). The van der Waals surface area contributed by atoms with Crippen molar-refractivity contribution in [2.24, 2.45) is 5.92 Å². The van der Waals surface area contributed by atoms with E-state index in [-0.39, 0.29) is 24.1 Å². The first kappa shape index (κ1) is 18.7. The van der Waals surface area contributed by atoms with Gasteiger partial charge in [-0.05, 0) is 43.0 Å². The van der Waals surface area contributed by atoms with Crippen LogP contribution < -0.4 is 10.1 Å². The van der Waals surface area contributed by atoms with Gasteiger partial charge in [-0.15, -0.1) is 0 Å².